The number of hydrazine groups is 1. The molecule has 6 bridgehead atoms. The molecule has 7 rings (SSSR count). The number of cyclic esters (lactones) is 1. The first-order valence-electron chi connectivity index (χ1n) is 22.0. The van der Waals surface area contributed by atoms with Gasteiger partial charge >= 0.3 is 5.97 Å². The molecule has 4 aromatic rings. The van der Waals surface area contributed by atoms with Crippen LogP contribution >= 0.6 is 0 Å². The maximum Gasteiger partial charge on any atom is 0.324 e. The summed E-state index contributed by atoms with van der Waals surface area (Å²) in [7, 11) is 1.71. The number of nitrogens with zero attached hydrogens (tertiary/aromatic N) is 4. The van der Waals surface area contributed by atoms with E-state index in [2.05, 4.69) is 84.0 Å². The average Bonchev–Trinajstić information content (AvgIpc) is 3.56. The molecule has 13 heteroatoms. The number of rotatable bonds is 11. The summed E-state index contributed by atoms with van der Waals surface area (Å²) in [5.41, 5.74) is 10.9. The molecule has 13 nitrogen and oxygen atoms in total. The van der Waals surface area contributed by atoms with E-state index in [-0.39, 0.29) is 55.5 Å². The van der Waals surface area contributed by atoms with Crippen LogP contribution in [0.15, 0.2) is 73.6 Å². The fourth-order valence-corrected chi connectivity index (χ4v) is 8.95. The third-order valence-corrected chi connectivity index (χ3v) is 12.7. The van der Waals surface area contributed by atoms with Crippen LogP contribution in [0.4, 0.5) is 0 Å². The lowest BCUT2D eigenvalue weighted by Gasteiger charge is -2.39. The van der Waals surface area contributed by atoms with Crippen LogP contribution in [-0.2, 0) is 52.8 Å². The van der Waals surface area contributed by atoms with Gasteiger partial charge in [-0.15, -0.1) is 0 Å². The van der Waals surface area contributed by atoms with Crippen LogP contribution in [0.5, 0.6) is 0 Å². The normalized spacial score (nSPS) is 20.6. The first-order valence-corrected chi connectivity index (χ1v) is 22.0. The minimum absolute atomic E-state index is 0.0911. The van der Waals surface area contributed by atoms with Crippen molar-refractivity contribution in [2.75, 3.05) is 40.0 Å². The number of ether oxygens (including phenoxy) is 3. The average molecular weight is 847 g/mol. The highest BCUT2D eigenvalue weighted by atomic mass is 16.5. The van der Waals surface area contributed by atoms with Crippen molar-refractivity contribution in [1.82, 2.24) is 30.2 Å². The Balaban J connectivity index is 1.27. The Bertz CT molecular complexity index is 2310. The molecule has 0 aliphatic carbocycles. The van der Waals surface area contributed by atoms with E-state index in [0.717, 1.165) is 56.5 Å². The third kappa shape index (κ3) is 9.50. The van der Waals surface area contributed by atoms with Gasteiger partial charge in [-0.25, -0.2) is 5.43 Å². The molecule has 0 unspecified atom stereocenters. The minimum Gasteiger partial charge on any atom is -0.464 e. The zero-order chi connectivity index (χ0) is 44.3. The monoisotopic (exact) mass is 846 g/mol. The number of amides is 3. The number of aromatic nitrogens is 2. The van der Waals surface area contributed by atoms with Gasteiger partial charge in [-0.05, 0) is 85.6 Å². The molecule has 2 saturated heterocycles. The lowest BCUT2D eigenvalue weighted by molar-refractivity contribution is -0.155. The number of nitrogens with one attached hydrogen (secondary N) is 2. The Labute approximate surface area is 365 Å². The summed E-state index contributed by atoms with van der Waals surface area (Å²) in [5, 5.41) is 5.69. The van der Waals surface area contributed by atoms with Crippen molar-refractivity contribution < 1.29 is 33.4 Å². The topological polar surface area (TPSA) is 144 Å². The Morgan fingerprint density at radius 1 is 1.10 bits per heavy atom. The summed E-state index contributed by atoms with van der Waals surface area (Å²) in [5.74, 6) is -1.83. The molecule has 3 aliphatic rings. The van der Waals surface area contributed by atoms with Crippen molar-refractivity contribution in [3.8, 4) is 22.4 Å². The van der Waals surface area contributed by atoms with Crippen LogP contribution in [0.2, 0.25) is 0 Å². The number of carbonyl (C=O) groups is 4. The van der Waals surface area contributed by atoms with Gasteiger partial charge in [0.05, 0.1) is 37.0 Å². The van der Waals surface area contributed by atoms with Gasteiger partial charge in [0.1, 0.15) is 12.1 Å². The molecule has 0 spiro atoms. The number of carbonyl (C=O) groups excluding carboxylic acids is 4. The molecule has 3 amide bonds. The molecule has 3 aliphatic heterocycles. The van der Waals surface area contributed by atoms with Gasteiger partial charge < -0.3 is 29.0 Å². The number of hydrogen-bond acceptors (Lipinski definition) is 9. The second kappa shape index (κ2) is 18.9. The van der Waals surface area contributed by atoms with E-state index in [9.17, 15) is 19.2 Å². The molecule has 0 radical (unpaired) electrons. The van der Waals surface area contributed by atoms with Crippen molar-refractivity contribution in [1.29, 1.82) is 0 Å². The summed E-state index contributed by atoms with van der Waals surface area (Å²) in [4.78, 5) is 60.7. The maximum absolute atomic E-state index is 14.5. The van der Waals surface area contributed by atoms with Crippen molar-refractivity contribution in [3.63, 3.8) is 0 Å². The summed E-state index contributed by atoms with van der Waals surface area (Å²) >= 11 is 0. The van der Waals surface area contributed by atoms with Gasteiger partial charge in [-0.3, -0.25) is 29.2 Å². The van der Waals surface area contributed by atoms with E-state index in [0.29, 0.717) is 38.9 Å². The van der Waals surface area contributed by atoms with Gasteiger partial charge in [-0.2, -0.15) is 0 Å². The number of esters is 1. The van der Waals surface area contributed by atoms with Crippen LogP contribution in [0.1, 0.15) is 77.2 Å². The summed E-state index contributed by atoms with van der Waals surface area (Å²) in [6, 6.07) is 15.1. The predicted molar refractivity (Wildman–Crippen MR) is 238 cm³/mol. The number of pyridine rings is 1. The van der Waals surface area contributed by atoms with Crippen molar-refractivity contribution in [3.05, 3.63) is 90.3 Å². The highest BCUT2D eigenvalue weighted by Crippen LogP contribution is 2.42. The number of benzene rings is 2. The molecule has 330 valence electrons. The van der Waals surface area contributed by atoms with Gasteiger partial charge in [-0.1, -0.05) is 64.6 Å². The predicted octanol–water partition coefficient (Wildman–Crippen LogP) is 6.43. The van der Waals surface area contributed by atoms with E-state index in [4.69, 9.17) is 14.2 Å². The van der Waals surface area contributed by atoms with E-state index in [1.165, 1.54) is 11.1 Å². The number of hydrogen-bond donors (Lipinski definition) is 2. The number of aryl methyl sites for hydroxylation is 1. The lowest BCUT2D eigenvalue weighted by Crippen LogP contribution is -2.61. The molecule has 5 heterocycles. The zero-order valence-corrected chi connectivity index (χ0v) is 37.2. The minimum atomic E-state index is -0.942. The Kier molecular flexibility index (Phi) is 13.6. The summed E-state index contributed by atoms with van der Waals surface area (Å²) in [6.45, 7) is 18.2. The molecule has 62 heavy (non-hydrogen) atoms. The molecular weight excluding hydrogens is 785 g/mol. The quantitative estimate of drug-likeness (QED) is 0.129. The number of likely N-dealkylation sites (tertiary alicyclic amines) is 1. The van der Waals surface area contributed by atoms with Crippen LogP contribution in [0.25, 0.3) is 33.3 Å². The Hall–Kier alpha value is -5.37. The van der Waals surface area contributed by atoms with Crippen LogP contribution in [0.3, 0.4) is 0 Å². The van der Waals surface area contributed by atoms with Crippen molar-refractivity contribution >= 4 is 34.6 Å². The van der Waals surface area contributed by atoms with Gasteiger partial charge in [0.15, 0.2) is 0 Å². The van der Waals surface area contributed by atoms with Crippen molar-refractivity contribution in [2.45, 2.75) is 98.1 Å². The van der Waals surface area contributed by atoms with Crippen molar-refractivity contribution in [2.24, 2.45) is 17.3 Å². The first kappa shape index (κ1) is 44.7. The van der Waals surface area contributed by atoms with E-state index >= 15 is 0 Å². The molecule has 4 atom stereocenters. The van der Waals surface area contributed by atoms with E-state index in [1.807, 2.05) is 45.3 Å². The third-order valence-electron chi connectivity index (χ3n) is 12.7. The fourth-order valence-electron chi connectivity index (χ4n) is 8.95. The van der Waals surface area contributed by atoms with Crippen LogP contribution in [-0.4, -0.2) is 101 Å². The first-order chi connectivity index (χ1) is 29.7. The zero-order valence-electron chi connectivity index (χ0n) is 37.2. The molecular formula is C49H62N6O7. The highest BCUT2D eigenvalue weighted by Gasteiger charge is 2.37. The molecule has 2 fully saturated rings. The Morgan fingerprint density at radius 2 is 1.87 bits per heavy atom. The van der Waals surface area contributed by atoms with E-state index < -0.39 is 29.4 Å². The molecule has 2 N–H and O–H groups in total. The van der Waals surface area contributed by atoms with Crippen LogP contribution < -0.4 is 10.7 Å². The van der Waals surface area contributed by atoms with Gasteiger partial charge in [0.2, 0.25) is 11.8 Å². The van der Waals surface area contributed by atoms with Gasteiger partial charge in [0.25, 0.3) is 5.91 Å². The Morgan fingerprint density at radius 3 is 2.60 bits per heavy atom. The standard InChI is InChI=1S/C49H62N6O7/c1-9-44(56)53-26-35(27-53)61-28-40(30(3)4)46(57)51-42-22-32-13-11-14-33(21-32)34-16-17-43-37(23-34)38(45(54(43)10-2)36-18-19-50-25-39(36)31(5)60-8)24-49(6,7)29-62-48(59)41-15-12-20-55(52-41)47(42)58/h9,11,13-14,16-19,21,23,25,30-31,35,40-42,52H,1,10,12,15,20,22,24,26-29H2,2-8H3,(H,51,57)/t31-,40+,41-,42-/m0/s1. The number of fused-ring (bicyclic) bond motifs is 6. The molecule has 2 aromatic carbocycles. The van der Waals surface area contributed by atoms with Gasteiger partial charge in [0, 0.05) is 79.5 Å². The highest BCUT2D eigenvalue weighted by molar-refractivity contribution is 5.96. The summed E-state index contributed by atoms with van der Waals surface area (Å²) in [6.07, 6.45) is 6.55. The van der Waals surface area contributed by atoms with E-state index in [1.54, 1.807) is 12.0 Å². The smallest absolute Gasteiger partial charge is 0.324 e. The molecule has 2 aromatic heterocycles. The largest absolute Gasteiger partial charge is 0.464 e. The fraction of sp³-hybridized carbons (Fsp3) is 0.490. The van der Waals surface area contributed by atoms with Crippen LogP contribution in [0, 0.1) is 17.3 Å². The number of methoxy groups -OCH3 is 1. The second-order valence-electron chi connectivity index (χ2n) is 18.1. The SMILES string of the molecule is C=CC(=O)N1CC(OC[C@@H](C(=O)N[C@H]2Cc3cccc(c3)-c3ccc4c(c3)c(c(-c3ccncc3[C@H](C)OC)n4CC)CC(C)(C)COC(=O)[C@@H]3CCCN(N3)C2=O)C(C)C)C1. The summed E-state index contributed by atoms with van der Waals surface area (Å²) < 4.78 is 20.4. The molecule has 0 saturated carbocycles. The second-order valence-corrected chi connectivity index (χ2v) is 18.1. The maximum atomic E-state index is 14.5. The lowest BCUT2D eigenvalue weighted by atomic mass is 9.83.